The molecule has 1 aliphatic heterocycles. The third-order valence-corrected chi connectivity index (χ3v) is 4.23. The van der Waals surface area contributed by atoms with E-state index in [1.165, 1.54) is 26.2 Å². The molecule has 1 heterocycles. The Balaban J connectivity index is 0.00000200. The van der Waals surface area contributed by atoms with E-state index in [-0.39, 0.29) is 17.0 Å². The molecule has 0 atom stereocenters. The maximum Gasteiger partial charge on any atom is 0.120 e. The number of rotatable bonds is 4. The van der Waals surface area contributed by atoms with Gasteiger partial charge in [0.1, 0.15) is 5.75 Å². The van der Waals surface area contributed by atoms with E-state index in [2.05, 4.69) is 24.3 Å². The summed E-state index contributed by atoms with van der Waals surface area (Å²) in [4.78, 5) is 2.39. The van der Waals surface area contributed by atoms with Gasteiger partial charge >= 0.3 is 0 Å². The minimum absolute atomic E-state index is 0. The van der Waals surface area contributed by atoms with Crippen LogP contribution in [0.25, 0.3) is 0 Å². The summed E-state index contributed by atoms with van der Waals surface area (Å²) in [6.07, 6.45) is 0. The molecule has 20 heavy (non-hydrogen) atoms. The quantitative estimate of drug-likeness (QED) is 0.654. The molecule has 0 radical (unpaired) electrons. The van der Waals surface area contributed by atoms with Crippen molar-refractivity contribution in [3.63, 3.8) is 0 Å². The zero-order valence-corrected chi connectivity index (χ0v) is 14.3. The normalized spacial score (nSPS) is 18.4. The number of phenols is 1. The van der Waals surface area contributed by atoms with Crippen LogP contribution in [0.5, 0.6) is 5.75 Å². The van der Waals surface area contributed by atoms with Crippen LogP contribution >= 0.6 is 0 Å². The van der Waals surface area contributed by atoms with Crippen LogP contribution in [0.4, 0.5) is 5.69 Å². The smallest absolute Gasteiger partial charge is 0.120 e. The number of nitrogens with one attached hydrogen (secondary N) is 1. The summed E-state index contributed by atoms with van der Waals surface area (Å²) in [5.41, 5.74) is 1.92. The van der Waals surface area contributed by atoms with Crippen molar-refractivity contribution in [1.82, 2.24) is 4.90 Å². The molecule has 0 saturated carbocycles. The number of anilines is 1. The van der Waals surface area contributed by atoms with Crippen LogP contribution in [0.15, 0.2) is 18.2 Å². The van der Waals surface area contributed by atoms with Gasteiger partial charge in [-0.25, -0.2) is 0 Å². The molecule has 1 saturated heterocycles. The number of nitrogens with zero attached hydrogens (tertiary/aromatic N) is 2. The number of hydrogen-bond acceptors (Lipinski definition) is 3. The van der Waals surface area contributed by atoms with E-state index in [4.69, 9.17) is 0 Å². The number of quaternary nitrogens is 1. The van der Waals surface area contributed by atoms with Crippen molar-refractivity contribution < 1.29 is 26.6 Å². The number of likely N-dealkylation sites (N-methyl/N-ethyl adjacent to an activating group) is 2. The lowest BCUT2D eigenvalue weighted by Crippen LogP contribution is -3.00. The van der Waals surface area contributed by atoms with Crippen LogP contribution in [-0.2, 0) is 0 Å². The number of aryl methyl sites for hydroxylation is 1. The second-order valence-corrected chi connectivity index (χ2v) is 6.02. The topological polar surface area (TPSA) is 35.5 Å². The first-order valence-corrected chi connectivity index (χ1v) is 7.04. The Morgan fingerprint density at radius 3 is 2.55 bits per heavy atom. The fraction of sp³-hybridized carbons (Fsp3) is 0.600. The van der Waals surface area contributed by atoms with Crippen LogP contribution < -0.4 is 22.3 Å². The summed E-state index contributed by atoms with van der Waals surface area (Å²) in [6.45, 7) is 8.79. The fourth-order valence-corrected chi connectivity index (χ4v) is 2.46. The van der Waals surface area contributed by atoms with Crippen LogP contribution in [0, 0.1) is 6.92 Å². The molecule has 4 nitrogen and oxygen atoms in total. The molecular formula is C15H26BrN3O. The van der Waals surface area contributed by atoms with Crippen LogP contribution in [0.3, 0.4) is 0 Å². The number of benzene rings is 1. The van der Waals surface area contributed by atoms with Crippen molar-refractivity contribution >= 4 is 5.69 Å². The minimum Gasteiger partial charge on any atom is -1.00 e. The van der Waals surface area contributed by atoms with Crippen molar-refractivity contribution in [2.75, 3.05) is 58.7 Å². The molecule has 2 rings (SSSR count). The second-order valence-electron chi connectivity index (χ2n) is 6.02. The molecular weight excluding hydrogens is 318 g/mol. The molecule has 0 amide bonds. The summed E-state index contributed by atoms with van der Waals surface area (Å²) >= 11 is 0. The first kappa shape index (κ1) is 17.3. The number of piperazine rings is 1. The van der Waals surface area contributed by atoms with Crippen molar-refractivity contribution in [3.8, 4) is 5.75 Å². The van der Waals surface area contributed by atoms with Gasteiger partial charge in [0.25, 0.3) is 0 Å². The average Bonchev–Trinajstić information content (AvgIpc) is 2.38. The van der Waals surface area contributed by atoms with Crippen molar-refractivity contribution in [1.29, 1.82) is 0 Å². The van der Waals surface area contributed by atoms with Gasteiger partial charge in [0.2, 0.25) is 0 Å². The van der Waals surface area contributed by atoms with Gasteiger partial charge in [0, 0.05) is 24.8 Å². The van der Waals surface area contributed by atoms with Crippen LogP contribution in [0.1, 0.15) is 5.56 Å². The summed E-state index contributed by atoms with van der Waals surface area (Å²) in [6, 6.07) is 5.78. The van der Waals surface area contributed by atoms with Gasteiger partial charge in [-0.2, -0.15) is 0 Å². The van der Waals surface area contributed by atoms with E-state index in [1.807, 2.05) is 19.1 Å². The number of halogens is 1. The second kappa shape index (κ2) is 7.29. The maximum atomic E-state index is 9.68. The van der Waals surface area contributed by atoms with Crippen LogP contribution in [0.2, 0.25) is 0 Å². The lowest BCUT2D eigenvalue weighted by molar-refractivity contribution is -0.911. The Hall–Kier alpha value is -0.780. The highest BCUT2D eigenvalue weighted by Crippen LogP contribution is 2.20. The van der Waals surface area contributed by atoms with Gasteiger partial charge in [-0.3, -0.25) is 4.90 Å². The highest BCUT2D eigenvalue weighted by Gasteiger charge is 2.26. The molecule has 0 aliphatic carbocycles. The Bertz CT molecular complexity index is 431. The molecule has 114 valence electrons. The predicted octanol–water partition coefficient (Wildman–Crippen LogP) is -1.49. The summed E-state index contributed by atoms with van der Waals surface area (Å²) < 4.78 is 1.13. The molecule has 1 aromatic rings. The van der Waals surface area contributed by atoms with Gasteiger partial charge in [0.15, 0.2) is 0 Å². The molecule has 0 bridgehead atoms. The van der Waals surface area contributed by atoms with Crippen molar-refractivity contribution in [3.05, 3.63) is 23.8 Å². The van der Waals surface area contributed by atoms with Crippen LogP contribution in [-0.4, -0.2) is 67.9 Å². The fourth-order valence-electron chi connectivity index (χ4n) is 2.46. The molecule has 0 spiro atoms. The van der Waals surface area contributed by atoms with Gasteiger partial charge in [-0.1, -0.05) is 6.07 Å². The Morgan fingerprint density at radius 2 is 1.95 bits per heavy atom. The zero-order chi connectivity index (χ0) is 13.9. The van der Waals surface area contributed by atoms with Gasteiger partial charge in [-0.15, -0.1) is 0 Å². The standard InChI is InChI=1S/C15H25N3O.BrH/c1-13-4-5-14(12-15(13)19)16-6-9-18(3)10-7-17(2)8-11-18;/h4-5,12,16H,6-11H2,1-3H3;1H. The zero-order valence-electron chi connectivity index (χ0n) is 12.7. The molecule has 1 aliphatic rings. The molecule has 5 heteroatoms. The van der Waals surface area contributed by atoms with Gasteiger partial charge in [0.05, 0.1) is 33.2 Å². The largest absolute Gasteiger partial charge is 1.00 e. The molecule has 0 aromatic heterocycles. The van der Waals surface area contributed by atoms with Gasteiger partial charge < -0.3 is 31.9 Å². The van der Waals surface area contributed by atoms with E-state index < -0.39 is 0 Å². The minimum atomic E-state index is 0. The summed E-state index contributed by atoms with van der Waals surface area (Å²) in [5, 5.41) is 13.1. The summed E-state index contributed by atoms with van der Waals surface area (Å²) in [7, 11) is 4.53. The molecule has 1 fully saturated rings. The Kier molecular flexibility index (Phi) is 6.30. The third kappa shape index (κ3) is 4.65. The third-order valence-electron chi connectivity index (χ3n) is 4.23. The molecule has 1 aromatic carbocycles. The molecule has 2 N–H and O–H groups in total. The lowest BCUT2D eigenvalue weighted by Gasteiger charge is -2.41. The Labute approximate surface area is 132 Å². The maximum absolute atomic E-state index is 9.68. The number of phenolic OH excluding ortho intramolecular Hbond substituents is 1. The van der Waals surface area contributed by atoms with E-state index in [0.29, 0.717) is 5.75 Å². The molecule has 0 unspecified atom stereocenters. The van der Waals surface area contributed by atoms with Gasteiger partial charge in [-0.05, 0) is 25.6 Å². The monoisotopic (exact) mass is 343 g/mol. The summed E-state index contributed by atoms with van der Waals surface area (Å²) in [5.74, 6) is 0.366. The number of aromatic hydroxyl groups is 1. The Morgan fingerprint density at radius 1 is 1.30 bits per heavy atom. The number of hydrogen-bond donors (Lipinski definition) is 2. The van der Waals surface area contributed by atoms with E-state index in [9.17, 15) is 5.11 Å². The first-order valence-electron chi connectivity index (χ1n) is 7.04. The van der Waals surface area contributed by atoms with E-state index in [0.717, 1.165) is 28.8 Å². The van der Waals surface area contributed by atoms with E-state index in [1.54, 1.807) is 6.07 Å². The highest BCUT2D eigenvalue weighted by atomic mass is 79.9. The van der Waals surface area contributed by atoms with E-state index >= 15 is 0 Å². The average molecular weight is 344 g/mol. The lowest BCUT2D eigenvalue weighted by atomic mass is 10.2. The highest BCUT2D eigenvalue weighted by molar-refractivity contribution is 5.50. The van der Waals surface area contributed by atoms with Crippen molar-refractivity contribution in [2.45, 2.75) is 6.92 Å². The SMILES string of the molecule is Cc1ccc(NCC[N+]2(C)CCN(C)CC2)cc1O.[Br-]. The van der Waals surface area contributed by atoms with Crippen molar-refractivity contribution in [2.24, 2.45) is 0 Å². The predicted molar refractivity (Wildman–Crippen MR) is 79.6 cm³/mol. The first-order chi connectivity index (χ1) is 8.98.